The fourth-order valence-corrected chi connectivity index (χ4v) is 4.40. The van der Waals surface area contributed by atoms with Crippen molar-refractivity contribution in [1.82, 2.24) is 0 Å². The Labute approximate surface area is 146 Å². The Morgan fingerprint density at radius 2 is 1.08 bits per heavy atom. The van der Waals surface area contributed by atoms with E-state index in [4.69, 9.17) is 4.52 Å². The molecule has 3 rings (SSSR count). The van der Waals surface area contributed by atoms with Crippen molar-refractivity contribution in [2.45, 2.75) is 26.2 Å². The highest BCUT2D eigenvalue weighted by Gasteiger charge is 2.22. The van der Waals surface area contributed by atoms with E-state index >= 15 is 0 Å². The van der Waals surface area contributed by atoms with E-state index in [1.807, 2.05) is 18.2 Å². The molecule has 0 unspecified atom stereocenters. The Hall–Kier alpha value is -2.11. The number of hydrogen-bond donors (Lipinski definition) is 0. The van der Waals surface area contributed by atoms with Gasteiger partial charge in [0.1, 0.15) is 5.75 Å². The topological polar surface area (TPSA) is 9.23 Å². The molecule has 0 aliphatic heterocycles. The van der Waals surface area contributed by atoms with Gasteiger partial charge in [-0.3, -0.25) is 0 Å². The van der Waals surface area contributed by atoms with Crippen LogP contribution in [0.25, 0.3) is 0 Å². The van der Waals surface area contributed by atoms with Crippen molar-refractivity contribution in [3.05, 3.63) is 90.5 Å². The lowest BCUT2D eigenvalue weighted by molar-refractivity contribution is 0.541. The van der Waals surface area contributed by atoms with Gasteiger partial charge < -0.3 is 4.52 Å². The molecule has 0 heterocycles. The predicted octanol–water partition coefficient (Wildman–Crippen LogP) is 5.41. The third-order valence-electron chi connectivity index (χ3n) is 3.87. The molecule has 0 saturated carbocycles. The van der Waals surface area contributed by atoms with Crippen LogP contribution in [0.15, 0.2) is 84.9 Å². The molecule has 0 amide bonds. The third-order valence-corrected chi connectivity index (χ3v) is 5.78. The van der Waals surface area contributed by atoms with Crippen LogP contribution in [0, 0.1) is 0 Å². The normalized spacial score (nSPS) is 11.5. The standard InChI is InChI=1S/C22H23OP/c1-22(2,3)20-16-10-11-17-21(20)23-24(18-12-6-4-7-13-18)19-14-8-5-9-15-19/h4-17H,1-3H3. The molecule has 3 aromatic rings. The fraction of sp³-hybridized carbons (Fsp3) is 0.182. The van der Waals surface area contributed by atoms with Gasteiger partial charge in [0.15, 0.2) is 8.15 Å². The van der Waals surface area contributed by atoms with E-state index in [-0.39, 0.29) is 5.41 Å². The SMILES string of the molecule is CC(C)(C)c1ccccc1OP(c1ccccc1)c1ccccc1. The molecule has 0 spiro atoms. The predicted molar refractivity (Wildman–Crippen MR) is 105 cm³/mol. The van der Waals surface area contributed by atoms with E-state index in [1.165, 1.54) is 16.2 Å². The average molecular weight is 334 g/mol. The van der Waals surface area contributed by atoms with Crippen LogP contribution in [0.2, 0.25) is 0 Å². The maximum absolute atomic E-state index is 6.61. The summed E-state index contributed by atoms with van der Waals surface area (Å²) in [6.45, 7) is 6.67. The fourth-order valence-electron chi connectivity index (χ4n) is 2.65. The molecule has 0 aromatic heterocycles. The van der Waals surface area contributed by atoms with Crippen molar-refractivity contribution >= 4 is 18.8 Å². The van der Waals surface area contributed by atoms with Crippen molar-refractivity contribution in [3.63, 3.8) is 0 Å². The summed E-state index contributed by atoms with van der Waals surface area (Å²) in [4.78, 5) is 0. The largest absolute Gasteiger partial charge is 0.464 e. The van der Waals surface area contributed by atoms with Gasteiger partial charge in [-0.05, 0) is 17.0 Å². The molecule has 0 radical (unpaired) electrons. The average Bonchev–Trinajstić information content (AvgIpc) is 2.61. The van der Waals surface area contributed by atoms with Crippen LogP contribution < -0.4 is 15.1 Å². The Morgan fingerprint density at radius 1 is 0.625 bits per heavy atom. The molecule has 0 aliphatic rings. The lowest BCUT2D eigenvalue weighted by Gasteiger charge is -2.26. The van der Waals surface area contributed by atoms with Crippen LogP contribution in [0.1, 0.15) is 26.3 Å². The Morgan fingerprint density at radius 3 is 1.58 bits per heavy atom. The minimum atomic E-state index is -0.891. The maximum Gasteiger partial charge on any atom is 0.150 e. The van der Waals surface area contributed by atoms with E-state index in [9.17, 15) is 0 Å². The zero-order valence-electron chi connectivity index (χ0n) is 14.4. The first-order valence-electron chi connectivity index (χ1n) is 8.23. The second-order valence-corrected chi connectivity index (χ2v) is 8.61. The molecular weight excluding hydrogens is 311 g/mol. The second-order valence-electron chi connectivity index (χ2n) is 6.80. The molecule has 2 heteroatoms. The third kappa shape index (κ3) is 3.86. The summed E-state index contributed by atoms with van der Waals surface area (Å²) in [5.41, 5.74) is 1.29. The minimum absolute atomic E-state index is 0.0466. The Bertz CT molecular complexity index is 736. The minimum Gasteiger partial charge on any atom is -0.464 e. The van der Waals surface area contributed by atoms with Crippen LogP contribution in [0.3, 0.4) is 0 Å². The molecule has 0 atom stereocenters. The van der Waals surface area contributed by atoms with E-state index in [0.29, 0.717) is 0 Å². The van der Waals surface area contributed by atoms with Gasteiger partial charge in [0.05, 0.1) is 0 Å². The number of rotatable bonds is 4. The van der Waals surface area contributed by atoms with E-state index in [2.05, 4.69) is 87.5 Å². The zero-order chi connectivity index (χ0) is 17.0. The van der Waals surface area contributed by atoms with Gasteiger partial charge >= 0.3 is 0 Å². The molecule has 122 valence electrons. The molecular formula is C22H23OP. The molecule has 0 bridgehead atoms. The van der Waals surface area contributed by atoms with Gasteiger partial charge in [-0.1, -0.05) is 99.6 Å². The lowest BCUT2D eigenvalue weighted by Crippen LogP contribution is -2.18. The first-order valence-corrected chi connectivity index (χ1v) is 9.49. The second kappa shape index (κ2) is 7.20. The summed E-state index contributed by atoms with van der Waals surface area (Å²) in [7, 11) is -0.891. The summed E-state index contributed by atoms with van der Waals surface area (Å²) in [5, 5.41) is 2.45. The van der Waals surface area contributed by atoms with Gasteiger partial charge in [0, 0.05) is 10.6 Å². The smallest absolute Gasteiger partial charge is 0.150 e. The van der Waals surface area contributed by atoms with Gasteiger partial charge in [-0.2, -0.15) is 0 Å². The molecule has 0 saturated heterocycles. The monoisotopic (exact) mass is 334 g/mol. The van der Waals surface area contributed by atoms with Crippen molar-refractivity contribution in [2.24, 2.45) is 0 Å². The van der Waals surface area contributed by atoms with Gasteiger partial charge in [0.25, 0.3) is 0 Å². The Kier molecular flexibility index (Phi) is 5.02. The van der Waals surface area contributed by atoms with Gasteiger partial charge in [0.2, 0.25) is 0 Å². The van der Waals surface area contributed by atoms with Crippen LogP contribution in [0.5, 0.6) is 5.75 Å². The van der Waals surface area contributed by atoms with Gasteiger partial charge in [-0.15, -0.1) is 0 Å². The summed E-state index contributed by atoms with van der Waals surface area (Å²) in [6.07, 6.45) is 0. The first-order chi connectivity index (χ1) is 11.6. The quantitative estimate of drug-likeness (QED) is 0.580. The van der Waals surface area contributed by atoms with Crippen LogP contribution in [-0.2, 0) is 5.41 Å². The summed E-state index contributed by atoms with van der Waals surface area (Å²) >= 11 is 0. The van der Waals surface area contributed by atoms with Crippen molar-refractivity contribution in [3.8, 4) is 5.75 Å². The van der Waals surface area contributed by atoms with Crippen LogP contribution in [-0.4, -0.2) is 0 Å². The molecule has 24 heavy (non-hydrogen) atoms. The summed E-state index contributed by atoms with van der Waals surface area (Å²) in [5.74, 6) is 0.976. The van der Waals surface area contributed by atoms with Crippen molar-refractivity contribution in [2.75, 3.05) is 0 Å². The zero-order valence-corrected chi connectivity index (χ0v) is 15.3. The summed E-state index contributed by atoms with van der Waals surface area (Å²) < 4.78 is 6.61. The maximum atomic E-state index is 6.61. The number of para-hydroxylation sites is 1. The Balaban J connectivity index is 2.03. The highest BCUT2D eigenvalue weighted by Crippen LogP contribution is 2.41. The highest BCUT2D eigenvalue weighted by atomic mass is 31.1. The van der Waals surface area contributed by atoms with Crippen LogP contribution in [0.4, 0.5) is 0 Å². The van der Waals surface area contributed by atoms with Crippen molar-refractivity contribution < 1.29 is 4.52 Å². The highest BCUT2D eigenvalue weighted by molar-refractivity contribution is 7.68. The molecule has 3 aromatic carbocycles. The summed E-state index contributed by atoms with van der Waals surface area (Å²) in [6, 6.07) is 29.4. The molecule has 1 nitrogen and oxygen atoms in total. The number of benzene rings is 3. The number of hydrogen-bond acceptors (Lipinski definition) is 1. The molecule has 0 aliphatic carbocycles. The van der Waals surface area contributed by atoms with Crippen LogP contribution >= 0.6 is 8.15 Å². The van der Waals surface area contributed by atoms with E-state index in [1.54, 1.807) is 0 Å². The first kappa shape index (κ1) is 16.7. The van der Waals surface area contributed by atoms with Crippen molar-refractivity contribution in [1.29, 1.82) is 0 Å². The van der Waals surface area contributed by atoms with Gasteiger partial charge in [-0.25, -0.2) is 0 Å². The lowest BCUT2D eigenvalue weighted by atomic mass is 9.86. The molecule has 0 N–H and O–H groups in total. The van der Waals surface area contributed by atoms with E-state index < -0.39 is 8.15 Å². The van der Waals surface area contributed by atoms with E-state index in [0.717, 1.165) is 5.75 Å². The molecule has 0 fully saturated rings.